The predicted molar refractivity (Wildman–Crippen MR) is 101 cm³/mol. The van der Waals surface area contributed by atoms with E-state index >= 15 is 0 Å². The number of amides is 1. The second-order valence-corrected chi connectivity index (χ2v) is 8.42. The topological polar surface area (TPSA) is 83.0 Å². The van der Waals surface area contributed by atoms with Crippen molar-refractivity contribution in [2.24, 2.45) is 0 Å². The van der Waals surface area contributed by atoms with Crippen molar-refractivity contribution in [3.05, 3.63) is 16.1 Å². The molecule has 0 aromatic carbocycles. The van der Waals surface area contributed by atoms with E-state index < -0.39 is 12.1 Å². The standard InChI is InChI=1S/C16H25N3O2S.C2HF3O2/c1-3-21-11-15(20)18-7-4-5-16(12-18)6-8-19(16)10-14-9-17-13(2)22-14;3-2(4,5)1(6)7/h9H,3-8,10-12H2,1-2H3;(H,6,7). The van der Waals surface area contributed by atoms with E-state index in [0.29, 0.717) is 6.61 Å². The van der Waals surface area contributed by atoms with Crippen LogP contribution in [0.3, 0.4) is 0 Å². The third-order valence-corrected chi connectivity index (χ3v) is 6.01. The number of alkyl halides is 3. The summed E-state index contributed by atoms with van der Waals surface area (Å²) < 4.78 is 37.0. The Labute approximate surface area is 171 Å². The highest BCUT2D eigenvalue weighted by molar-refractivity contribution is 7.11. The van der Waals surface area contributed by atoms with Crippen LogP contribution in [0.25, 0.3) is 0 Å². The first-order chi connectivity index (χ1) is 13.6. The smallest absolute Gasteiger partial charge is 0.475 e. The van der Waals surface area contributed by atoms with Gasteiger partial charge in [-0.25, -0.2) is 9.78 Å². The Morgan fingerprint density at radius 2 is 2.03 bits per heavy atom. The van der Waals surface area contributed by atoms with Crippen LogP contribution in [0.2, 0.25) is 0 Å². The van der Waals surface area contributed by atoms with E-state index in [2.05, 4.69) is 16.8 Å². The Hall–Kier alpha value is -1.72. The molecule has 1 N–H and O–H groups in total. The van der Waals surface area contributed by atoms with Gasteiger partial charge >= 0.3 is 12.1 Å². The lowest BCUT2D eigenvalue weighted by atomic mass is 9.77. The minimum absolute atomic E-state index is 0.140. The first-order valence-electron chi connectivity index (χ1n) is 9.39. The number of hydrogen-bond acceptors (Lipinski definition) is 6. The van der Waals surface area contributed by atoms with Crippen LogP contribution in [0, 0.1) is 6.92 Å². The van der Waals surface area contributed by atoms with Crippen molar-refractivity contribution in [3.63, 3.8) is 0 Å². The van der Waals surface area contributed by atoms with E-state index in [1.54, 1.807) is 11.3 Å². The zero-order valence-corrected chi connectivity index (χ0v) is 17.3. The number of aliphatic carboxylic acids is 1. The molecule has 2 aliphatic rings. The molecule has 0 aliphatic carbocycles. The number of carboxylic acids is 1. The summed E-state index contributed by atoms with van der Waals surface area (Å²) in [5, 5.41) is 8.25. The highest BCUT2D eigenvalue weighted by atomic mass is 32.1. The maximum Gasteiger partial charge on any atom is 0.490 e. The van der Waals surface area contributed by atoms with E-state index in [1.807, 2.05) is 18.0 Å². The third kappa shape index (κ3) is 6.38. The SMILES string of the molecule is CCOCC(=O)N1CCCC2(CCN2Cc2cnc(C)s2)C1.O=C(O)C(F)(F)F. The molecular weight excluding hydrogens is 411 g/mol. The lowest BCUT2D eigenvalue weighted by Crippen LogP contribution is -2.67. The maximum atomic E-state index is 12.2. The van der Waals surface area contributed by atoms with Crippen LogP contribution in [0.15, 0.2) is 6.20 Å². The average molecular weight is 437 g/mol. The Morgan fingerprint density at radius 1 is 1.34 bits per heavy atom. The van der Waals surface area contributed by atoms with Gasteiger partial charge < -0.3 is 14.7 Å². The number of halogens is 3. The van der Waals surface area contributed by atoms with Gasteiger partial charge in [0.1, 0.15) is 6.61 Å². The summed E-state index contributed by atoms with van der Waals surface area (Å²) in [6, 6.07) is 0. The molecule has 1 unspecified atom stereocenters. The van der Waals surface area contributed by atoms with Gasteiger partial charge in [0.05, 0.1) is 5.01 Å². The zero-order chi connectivity index (χ0) is 21.7. The number of ether oxygens (including phenoxy) is 1. The highest BCUT2D eigenvalue weighted by Crippen LogP contribution is 2.40. The van der Waals surface area contributed by atoms with E-state index in [0.717, 1.165) is 37.6 Å². The number of aromatic nitrogens is 1. The van der Waals surface area contributed by atoms with E-state index in [4.69, 9.17) is 14.6 Å². The van der Waals surface area contributed by atoms with Crippen molar-refractivity contribution >= 4 is 23.2 Å². The predicted octanol–water partition coefficient (Wildman–Crippen LogP) is 2.69. The van der Waals surface area contributed by atoms with Crippen molar-refractivity contribution in [3.8, 4) is 0 Å². The van der Waals surface area contributed by atoms with Gasteiger partial charge in [0.25, 0.3) is 0 Å². The summed E-state index contributed by atoms with van der Waals surface area (Å²) in [5.41, 5.74) is 0.192. The molecule has 0 saturated carbocycles. The summed E-state index contributed by atoms with van der Waals surface area (Å²) in [7, 11) is 0. The molecule has 0 bridgehead atoms. The summed E-state index contributed by atoms with van der Waals surface area (Å²) in [6.07, 6.45) is 0.398. The Morgan fingerprint density at radius 3 is 2.52 bits per heavy atom. The normalized spacial score (nSPS) is 22.0. The fourth-order valence-electron chi connectivity index (χ4n) is 3.57. The van der Waals surface area contributed by atoms with Crippen molar-refractivity contribution in [1.82, 2.24) is 14.8 Å². The van der Waals surface area contributed by atoms with E-state index in [-0.39, 0.29) is 18.1 Å². The number of likely N-dealkylation sites (tertiary alicyclic amines) is 2. The van der Waals surface area contributed by atoms with Gasteiger partial charge in [-0.1, -0.05) is 0 Å². The molecule has 1 aromatic rings. The number of piperidine rings is 1. The molecule has 2 aliphatic heterocycles. The van der Waals surface area contributed by atoms with Crippen molar-refractivity contribution in [1.29, 1.82) is 0 Å². The molecular formula is C18H26F3N3O4S. The number of aryl methyl sites for hydroxylation is 1. The van der Waals surface area contributed by atoms with Gasteiger partial charge in [0, 0.05) is 49.4 Å². The number of hydrogen-bond donors (Lipinski definition) is 1. The van der Waals surface area contributed by atoms with E-state index in [9.17, 15) is 18.0 Å². The molecule has 2 saturated heterocycles. The largest absolute Gasteiger partial charge is 0.490 e. The minimum atomic E-state index is -5.08. The molecule has 29 heavy (non-hydrogen) atoms. The molecule has 3 rings (SSSR count). The first-order valence-corrected chi connectivity index (χ1v) is 10.2. The van der Waals surface area contributed by atoms with Crippen LogP contribution in [0.4, 0.5) is 13.2 Å². The van der Waals surface area contributed by atoms with Crippen molar-refractivity contribution in [2.75, 3.05) is 32.8 Å². The fourth-order valence-corrected chi connectivity index (χ4v) is 4.38. The average Bonchev–Trinajstić information content (AvgIpc) is 3.08. The van der Waals surface area contributed by atoms with Gasteiger partial charge in [-0.15, -0.1) is 11.3 Å². The van der Waals surface area contributed by atoms with Gasteiger partial charge in [-0.05, 0) is 33.1 Å². The second kappa shape index (κ2) is 9.86. The highest BCUT2D eigenvalue weighted by Gasteiger charge is 2.47. The van der Waals surface area contributed by atoms with Gasteiger partial charge in [-0.3, -0.25) is 9.69 Å². The van der Waals surface area contributed by atoms with Gasteiger partial charge in [0.15, 0.2) is 0 Å². The molecule has 1 spiro atoms. The van der Waals surface area contributed by atoms with Crippen LogP contribution in [0.1, 0.15) is 36.1 Å². The summed E-state index contributed by atoms with van der Waals surface area (Å²) in [5.74, 6) is -2.62. The van der Waals surface area contributed by atoms with Crippen molar-refractivity contribution in [2.45, 2.75) is 51.4 Å². The fraction of sp³-hybridized carbons (Fsp3) is 0.722. The maximum absolute atomic E-state index is 12.2. The lowest BCUT2D eigenvalue weighted by molar-refractivity contribution is -0.192. The minimum Gasteiger partial charge on any atom is -0.475 e. The zero-order valence-electron chi connectivity index (χ0n) is 16.5. The van der Waals surface area contributed by atoms with Crippen LogP contribution in [0.5, 0.6) is 0 Å². The quantitative estimate of drug-likeness (QED) is 0.763. The molecule has 2 fully saturated rings. The summed E-state index contributed by atoms with van der Waals surface area (Å²) in [6.45, 7) is 8.63. The number of thiazole rings is 1. The molecule has 1 aromatic heterocycles. The Balaban J connectivity index is 0.000000370. The summed E-state index contributed by atoms with van der Waals surface area (Å²) in [4.78, 5) is 31.3. The van der Waals surface area contributed by atoms with Gasteiger partial charge in [0.2, 0.25) is 5.91 Å². The van der Waals surface area contributed by atoms with Crippen LogP contribution < -0.4 is 0 Å². The summed E-state index contributed by atoms with van der Waals surface area (Å²) >= 11 is 1.78. The Kier molecular flexibility index (Phi) is 8.01. The second-order valence-electron chi connectivity index (χ2n) is 7.10. The number of rotatable bonds is 5. The third-order valence-electron chi connectivity index (χ3n) is 5.11. The lowest BCUT2D eigenvalue weighted by Gasteiger charge is -2.57. The molecule has 1 atom stereocenters. The number of carboxylic acid groups (broad SMARTS) is 1. The van der Waals surface area contributed by atoms with E-state index in [1.165, 1.54) is 17.7 Å². The number of carbonyl (C=O) groups is 2. The molecule has 1 amide bonds. The molecule has 7 nitrogen and oxygen atoms in total. The molecule has 164 valence electrons. The first kappa shape index (κ1) is 23.6. The molecule has 0 radical (unpaired) electrons. The van der Waals surface area contributed by atoms with Crippen LogP contribution in [-0.2, 0) is 20.9 Å². The van der Waals surface area contributed by atoms with Gasteiger partial charge in [-0.2, -0.15) is 13.2 Å². The molecule has 3 heterocycles. The van der Waals surface area contributed by atoms with Crippen LogP contribution >= 0.6 is 11.3 Å². The number of nitrogens with zero attached hydrogens (tertiary/aromatic N) is 3. The van der Waals surface area contributed by atoms with Crippen molar-refractivity contribution < 1.29 is 32.6 Å². The monoisotopic (exact) mass is 437 g/mol. The molecule has 11 heteroatoms. The Bertz CT molecular complexity index is 713. The number of carbonyl (C=O) groups excluding carboxylic acids is 1. The van der Waals surface area contributed by atoms with Crippen LogP contribution in [-0.4, -0.2) is 76.3 Å².